The third-order valence-electron chi connectivity index (χ3n) is 2.84. The zero-order valence-electron chi connectivity index (χ0n) is 12.2. The average molecular weight is 244 g/mol. The van der Waals surface area contributed by atoms with Crippen LogP contribution in [0.5, 0.6) is 0 Å². The van der Waals surface area contributed by atoms with E-state index in [1.165, 1.54) is 0 Å². The Hall–Kier alpha value is -0.770. The first-order chi connectivity index (χ1) is 7.91. The molecule has 1 aliphatic heterocycles. The number of ether oxygens (including phenoxy) is 1. The molecule has 17 heavy (non-hydrogen) atoms. The van der Waals surface area contributed by atoms with E-state index in [0.29, 0.717) is 0 Å². The van der Waals surface area contributed by atoms with Gasteiger partial charge < -0.3 is 15.0 Å². The summed E-state index contributed by atoms with van der Waals surface area (Å²) in [6.45, 7) is 11.9. The fourth-order valence-corrected chi connectivity index (χ4v) is 1.73. The highest BCUT2D eigenvalue weighted by molar-refractivity contribution is 5.68. The Balaban J connectivity index is 0.00000121. The SMILES string of the molecule is CC.CC(C)OC(=O)NC1(C)CCN(C)CC1. The molecule has 0 aromatic carbocycles. The number of rotatable bonds is 2. The Morgan fingerprint density at radius 1 is 1.29 bits per heavy atom. The average Bonchev–Trinajstić information content (AvgIpc) is 2.24. The molecule has 0 aliphatic carbocycles. The van der Waals surface area contributed by atoms with Crippen molar-refractivity contribution in [2.45, 2.75) is 59.1 Å². The van der Waals surface area contributed by atoms with E-state index >= 15 is 0 Å². The number of amides is 1. The molecular weight excluding hydrogens is 216 g/mol. The van der Waals surface area contributed by atoms with Crippen LogP contribution in [0.2, 0.25) is 0 Å². The largest absolute Gasteiger partial charge is 0.447 e. The lowest BCUT2D eigenvalue weighted by atomic mass is 9.90. The summed E-state index contributed by atoms with van der Waals surface area (Å²) in [7, 11) is 2.10. The van der Waals surface area contributed by atoms with Crippen molar-refractivity contribution in [2.24, 2.45) is 0 Å². The van der Waals surface area contributed by atoms with Gasteiger partial charge in [-0.1, -0.05) is 13.8 Å². The van der Waals surface area contributed by atoms with E-state index in [1.54, 1.807) is 0 Å². The van der Waals surface area contributed by atoms with Crippen LogP contribution in [0.3, 0.4) is 0 Å². The molecule has 1 amide bonds. The van der Waals surface area contributed by atoms with Gasteiger partial charge in [0.2, 0.25) is 0 Å². The lowest BCUT2D eigenvalue weighted by Gasteiger charge is -2.38. The van der Waals surface area contributed by atoms with Crippen LogP contribution in [-0.4, -0.2) is 42.8 Å². The van der Waals surface area contributed by atoms with Crippen molar-refractivity contribution in [1.29, 1.82) is 0 Å². The van der Waals surface area contributed by atoms with Gasteiger partial charge in [-0.25, -0.2) is 4.79 Å². The number of likely N-dealkylation sites (tertiary alicyclic amines) is 1. The zero-order chi connectivity index (χ0) is 13.5. The quantitative estimate of drug-likeness (QED) is 0.812. The second kappa shape index (κ2) is 7.54. The van der Waals surface area contributed by atoms with Crippen LogP contribution in [0, 0.1) is 0 Å². The monoisotopic (exact) mass is 244 g/mol. The summed E-state index contributed by atoms with van der Waals surface area (Å²) >= 11 is 0. The number of carbonyl (C=O) groups is 1. The van der Waals surface area contributed by atoms with E-state index in [-0.39, 0.29) is 17.7 Å². The van der Waals surface area contributed by atoms with Crippen molar-refractivity contribution in [3.8, 4) is 0 Å². The Kier molecular flexibility index (Phi) is 7.19. The maximum Gasteiger partial charge on any atom is 0.407 e. The number of nitrogens with zero attached hydrogens (tertiary/aromatic N) is 1. The third kappa shape index (κ3) is 6.51. The Morgan fingerprint density at radius 3 is 2.18 bits per heavy atom. The van der Waals surface area contributed by atoms with Crippen LogP contribution in [0.25, 0.3) is 0 Å². The number of alkyl carbamates (subject to hydrolysis) is 1. The molecular formula is C13H28N2O2. The third-order valence-corrected chi connectivity index (χ3v) is 2.84. The van der Waals surface area contributed by atoms with Crippen molar-refractivity contribution < 1.29 is 9.53 Å². The summed E-state index contributed by atoms with van der Waals surface area (Å²) in [6, 6.07) is 0. The lowest BCUT2D eigenvalue weighted by molar-refractivity contribution is 0.0935. The molecule has 1 N–H and O–H groups in total. The van der Waals surface area contributed by atoms with Gasteiger partial charge in [-0.3, -0.25) is 0 Å². The molecule has 0 saturated carbocycles. The second-order valence-corrected chi connectivity index (χ2v) is 4.94. The van der Waals surface area contributed by atoms with Crippen molar-refractivity contribution in [1.82, 2.24) is 10.2 Å². The number of nitrogens with one attached hydrogen (secondary N) is 1. The predicted molar refractivity (Wildman–Crippen MR) is 71.2 cm³/mol. The summed E-state index contributed by atoms with van der Waals surface area (Å²) in [5.41, 5.74) is -0.0987. The van der Waals surface area contributed by atoms with Crippen LogP contribution in [-0.2, 0) is 4.74 Å². The van der Waals surface area contributed by atoms with Gasteiger partial charge in [-0.15, -0.1) is 0 Å². The Bertz CT molecular complexity index is 221. The van der Waals surface area contributed by atoms with Crippen molar-refractivity contribution in [2.75, 3.05) is 20.1 Å². The first-order valence-electron chi connectivity index (χ1n) is 6.59. The smallest absolute Gasteiger partial charge is 0.407 e. The molecule has 4 nitrogen and oxygen atoms in total. The van der Waals surface area contributed by atoms with Gasteiger partial charge in [0.15, 0.2) is 0 Å². The van der Waals surface area contributed by atoms with Gasteiger partial charge in [0.25, 0.3) is 0 Å². The van der Waals surface area contributed by atoms with Gasteiger partial charge in [-0.05, 0) is 40.7 Å². The van der Waals surface area contributed by atoms with E-state index in [4.69, 9.17) is 4.74 Å². The van der Waals surface area contributed by atoms with Gasteiger partial charge in [0.05, 0.1) is 6.10 Å². The minimum atomic E-state index is -0.294. The Labute approximate surface area is 106 Å². The first-order valence-corrected chi connectivity index (χ1v) is 6.59. The standard InChI is InChI=1S/C11H22N2O2.C2H6/c1-9(2)15-10(14)12-11(3)5-7-13(4)8-6-11;1-2/h9H,5-8H2,1-4H3,(H,12,14);1-2H3. The molecule has 1 rings (SSSR count). The van der Waals surface area contributed by atoms with Gasteiger partial charge in [0.1, 0.15) is 0 Å². The highest BCUT2D eigenvalue weighted by atomic mass is 16.6. The maximum atomic E-state index is 11.5. The second-order valence-electron chi connectivity index (χ2n) is 4.94. The van der Waals surface area contributed by atoms with Crippen LogP contribution >= 0.6 is 0 Å². The number of piperidine rings is 1. The first kappa shape index (κ1) is 16.2. The molecule has 0 bridgehead atoms. The van der Waals surface area contributed by atoms with Crippen molar-refractivity contribution >= 4 is 6.09 Å². The predicted octanol–water partition coefficient (Wildman–Crippen LogP) is 2.63. The minimum Gasteiger partial charge on any atom is -0.447 e. The molecule has 1 heterocycles. The summed E-state index contributed by atoms with van der Waals surface area (Å²) in [6.07, 6.45) is 1.62. The van der Waals surface area contributed by atoms with E-state index in [0.717, 1.165) is 25.9 Å². The highest BCUT2D eigenvalue weighted by Gasteiger charge is 2.30. The number of hydrogen-bond acceptors (Lipinski definition) is 3. The normalized spacial score (nSPS) is 19.2. The maximum absolute atomic E-state index is 11.5. The summed E-state index contributed by atoms with van der Waals surface area (Å²) in [5, 5.41) is 2.96. The van der Waals surface area contributed by atoms with E-state index in [1.807, 2.05) is 27.7 Å². The zero-order valence-corrected chi connectivity index (χ0v) is 12.2. The molecule has 1 saturated heterocycles. The van der Waals surface area contributed by atoms with Crippen LogP contribution in [0.15, 0.2) is 0 Å². The molecule has 1 fully saturated rings. The fourth-order valence-electron chi connectivity index (χ4n) is 1.73. The van der Waals surface area contributed by atoms with Crippen molar-refractivity contribution in [3.63, 3.8) is 0 Å². The van der Waals surface area contributed by atoms with Gasteiger partial charge in [-0.2, -0.15) is 0 Å². The van der Waals surface area contributed by atoms with Gasteiger partial charge >= 0.3 is 6.09 Å². The van der Waals surface area contributed by atoms with Gasteiger partial charge in [0, 0.05) is 18.6 Å². The molecule has 102 valence electrons. The number of carbonyl (C=O) groups excluding carboxylic acids is 1. The topological polar surface area (TPSA) is 41.6 Å². The molecule has 0 radical (unpaired) electrons. The molecule has 4 heteroatoms. The molecule has 0 spiro atoms. The Morgan fingerprint density at radius 2 is 1.76 bits per heavy atom. The van der Waals surface area contributed by atoms with Crippen molar-refractivity contribution in [3.05, 3.63) is 0 Å². The lowest BCUT2D eigenvalue weighted by Crippen LogP contribution is -2.53. The van der Waals surface area contributed by atoms with E-state index in [2.05, 4.69) is 24.2 Å². The molecule has 0 atom stereocenters. The summed E-state index contributed by atoms with van der Waals surface area (Å²) in [4.78, 5) is 13.7. The summed E-state index contributed by atoms with van der Waals surface area (Å²) in [5.74, 6) is 0. The molecule has 0 unspecified atom stereocenters. The number of hydrogen-bond donors (Lipinski definition) is 1. The fraction of sp³-hybridized carbons (Fsp3) is 0.923. The van der Waals surface area contributed by atoms with Crippen LogP contribution < -0.4 is 5.32 Å². The van der Waals surface area contributed by atoms with E-state index < -0.39 is 0 Å². The molecule has 0 aromatic rings. The van der Waals surface area contributed by atoms with E-state index in [9.17, 15) is 4.79 Å². The molecule has 0 aromatic heterocycles. The van der Waals surface area contributed by atoms with Crippen LogP contribution in [0.1, 0.15) is 47.5 Å². The molecule has 1 aliphatic rings. The highest BCUT2D eigenvalue weighted by Crippen LogP contribution is 2.20. The minimum absolute atomic E-state index is 0.0557. The van der Waals surface area contributed by atoms with Crippen LogP contribution in [0.4, 0.5) is 4.79 Å². The summed E-state index contributed by atoms with van der Waals surface area (Å²) < 4.78 is 5.08.